The fourth-order valence-electron chi connectivity index (χ4n) is 4.83. The first-order valence-corrected chi connectivity index (χ1v) is 10.2. The van der Waals surface area contributed by atoms with Crippen LogP contribution in [0.1, 0.15) is 61.3 Å². The van der Waals surface area contributed by atoms with Crippen molar-refractivity contribution in [2.45, 2.75) is 51.0 Å². The molecule has 0 fully saturated rings. The number of carbonyl (C=O) groups excluding carboxylic acids is 1. The van der Waals surface area contributed by atoms with Crippen LogP contribution in [0.25, 0.3) is 11.0 Å². The smallest absolute Gasteiger partial charge is 0.170 e. The number of hydrogen-bond acceptors (Lipinski definition) is 7. The van der Waals surface area contributed by atoms with Crippen LogP contribution in [-0.4, -0.2) is 39.0 Å². The fraction of sp³-hybridized carbons (Fsp3) is 0.522. The van der Waals surface area contributed by atoms with E-state index in [9.17, 15) is 9.90 Å². The molecule has 0 spiro atoms. The number of methoxy groups -OCH3 is 3. The van der Waals surface area contributed by atoms with Crippen molar-refractivity contribution in [2.24, 2.45) is 0 Å². The molecule has 0 saturated heterocycles. The van der Waals surface area contributed by atoms with Gasteiger partial charge in [0, 0.05) is 48.3 Å². The van der Waals surface area contributed by atoms with Gasteiger partial charge in [0.1, 0.15) is 18.1 Å². The van der Waals surface area contributed by atoms with Crippen LogP contribution in [0.4, 0.5) is 0 Å². The maximum Gasteiger partial charge on any atom is 0.170 e. The second kappa shape index (κ2) is 8.32. The van der Waals surface area contributed by atoms with Gasteiger partial charge in [0.15, 0.2) is 17.3 Å². The van der Waals surface area contributed by atoms with Crippen LogP contribution in [-0.2, 0) is 20.9 Å². The zero-order valence-corrected chi connectivity index (χ0v) is 17.9. The minimum Gasteiger partial charge on any atom is -0.512 e. The second-order valence-electron chi connectivity index (χ2n) is 7.94. The molecule has 1 aromatic heterocycles. The van der Waals surface area contributed by atoms with Crippen LogP contribution in [0.2, 0.25) is 0 Å². The molecule has 4 rings (SSSR count). The van der Waals surface area contributed by atoms with Crippen molar-refractivity contribution in [3.05, 3.63) is 34.3 Å². The number of aliphatic hydroxyl groups excluding tert-OH is 1. The van der Waals surface area contributed by atoms with E-state index in [0.29, 0.717) is 35.5 Å². The molecule has 7 nitrogen and oxygen atoms in total. The van der Waals surface area contributed by atoms with Gasteiger partial charge in [-0.25, -0.2) is 0 Å². The van der Waals surface area contributed by atoms with Gasteiger partial charge >= 0.3 is 0 Å². The Morgan fingerprint density at radius 3 is 2.73 bits per heavy atom. The van der Waals surface area contributed by atoms with E-state index in [1.165, 1.54) is 0 Å². The topological polar surface area (TPSA) is 87.4 Å². The van der Waals surface area contributed by atoms with Crippen LogP contribution in [0, 0.1) is 0 Å². The average molecular weight is 416 g/mol. The number of furan rings is 1. The van der Waals surface area contributed by atoms with Gasteiger partial charge in [-0.2, -0.15) is 0 Å². The Morgan fingerprint density at radius 1 is 1.23 bits per heavy atom. The van der Waals surface area contributed by atoms with E-state index >= 15 is 0 Å². The van der Waals surface area contributed by atoms with E-state index in [-0.39, 0.29) is 36.8 Å². The number of allylic oxidation sites excluding steroid dienone is 2. The van der Waals surface area contributed by atoms with Crippen molar-refractivity contribution in [2.75, 3.05) is 28.1 Å². The highest BCUT2D eigenvalue weighted by Gasteiger charge is 2.39. The van der Waals surface area contributed by atoms with E-state index in [4.69, 9.17) is 23.4 Å². The molecule has 1 aromatic carbocycles. The third kappa shape index (κ3) is 3.26. The molecule has 2 aromatic rings. The van der Waals surface area contributed by atoms with Crippen molar-refractivity contribution in [3.63, 3.8) is 0 Å². The van der Waals surface area contributed by atoms with E-state index in [0.717, 1.165) is 35.1 Å². The number of carbonyl (C=O) groups is 1. The molecule has 0 aliphatic heterocycles. The predicted molar refractivity (Wildman–Crippen MR) is 110 cm³/mol. The zero-order valence-electron chi connectivity index (χ0n) is 17.9. The summed E-state index contributed by atoms with van der Waals surface area (Å²) in [5.74, 6) is 1.85. The van der Waals surface area contributed by atoms with Crippen molar-refractivity contribution >= 4 is 16.8 Å². The summed E-state index contributed by atoms with van der Waals surface area (Å²) in [5, 5.41) is 11.4. The van der Waals surface area contributed by atoms with Gasteiger partial charge in [0.2, 0.25) is 0 Å². The summed E-state index contributed by atoms with van der Waals surface area (Å²) in [6, 6.07) is 1.90. The fourth-order valence-corrected chi connectivity index (χ4v) is 4.83. The Hall–Kier alpha value is -2.51. The van der Waals surface area contributed by atoms with Crippen LogP contribution >= 0.6 is 0 Å². The number of benzene rings is 1. The first kappa shape index (κ1) is 20.8. The standard InChI is InChI=1S/C23H28O7/c1-12-8-17(25)20-13(6-5-7-16(20)24)19-14-9-18(27-3)23(28-4)15(10-29-11-26-2)22(14)30-21(12)19/h9,12-13,24H,5-8,10-11H2,1-4H3/t12-,13?/m1/s1. The maximum atomic E-state index is 12.9. The quantitative estimate of drug-likeness (QED) is 0.538. The Bertz CT molecular complexity index is 1000. The lowest BCUT2D eigenvalue weighted by molar-refractivity contribution is -0.116. The molecular weight excluding hydrogens is 388 g/mol. The Kier molecular flexibility index (Phi) is 5.75. The molecule has 30 heavy (non-hydrogen) atoms. The third-order valence-electron chi connectivity index (χ3n) is 6.09. The summed E-state index contributed by atoms with van der Waals surface area (Å²) >= 11 is 0. The average Bonchev–Trinajstić information content (AvgIpc) is 3.07. The van der Waals surface area contributed by atoms with Gasteiger partial charge in [0.25, 0.3) is 0 Å². The monoisotopic (exact) mass is 416 g/mol. The largest absolute Gasteiger partial charge is 0.512 e. The zero-order chi connectivity index (χ0) is 21.4. The van der Waals surface area contributed by atoms with Gasteiger partial charge in [-0.1, -0.05) is 6.92 Å². The molecule has 2 aliphatic rings. The summed E-state index contributed by atoms with van der Waals surface area (Å²) in [6.07, 6.45) is 2.48. The summed E-state index contributed by atoms with van der Waals surface area (Å²) < 4.78 is 28.3. The van der Waals surface area contributed by atoms with E-state index in [1.54, 1.807) is 21.3 Å². The van der Waals surface area contributed by atoms with Crippen molar-refractivity contribution in [1.82, 2.24) is 0 Å². The predicted octanol–water partition coefficient (Wildman–Crippen LogP) is 4.73. The van der Waals surface area contributed by atoms with Crippen LogP contribution in [0.15, 0.2) is 21.8 Å². The summed E-state index contributed by atoms with van der Waals surface area (Å²) in [7, 11) is 4.74. The molecule has 162 valence electrons. The molecular formula is C23H28O7. The second-order valence-corrected chi connectivity index (χ2v) is 7.94. The molecule has 0 amide bonds. The lowest BCUT2D eigenvalue weighted by atomic mass is 9.79. The minimum absolute atomic E-state index is 0.00776. The molecule has 1 unspecified atom stereocenters. The van der Waals surface area contributed by atoms with Crippen molar-refractivity contribution < 1.29 is 33.3 Å². The van der Waals surface area contributed by atoms with E-state index in [1.807, 2.05) is 13.0 Å². The van der Waals surface area contributed by atoms with Crippen LogP contribution in [0.3, 0.4) is 0 Å². The molecule has 1 heterocycles. The summed E-state index contributed by atoms with van der Waals surface area (Å²) in [4.78, 5) is 12.9. The van der Waals surface area contributed by atoms with Gasteiger partial charge in [-0.05, 0) is 18.9 Å². The number of rotatable bonds is 6. The number of fused-ring (bicyclic) bond motifs is 5. The normalized spacial score (nSPS) is 21.4. The Morgan fingerprint density at radius 2 is 2.03 bits per heavy atom. The molecule has 0 saturated carbocycles. The lowest BCUT2D eigenvalue weighted by Gasteiger charge is -2.24. The SMILES string of the molecule is COCOCc1c(OC)c(OC)cc2c3c(oc12)[C@H](C)CC(=O)C1=C(O)CCCC13. The first-order valence-electron chi connectivity index (χ1n) is 10.2. The molecule has 7 heteroatoms. The van der Waals surface area contributed by atoms with Gasteiger partial charge in [-0.15, -0.1) is 0 Å². The molecule has 1 N–H and O–H groups in total. The van der Waals surface area contributed by atoms with Gasteiger partial charge in [0.05, 0.1) is 32.1 Å². The number of Topliss-reactive ketones (excluding diaryl/α,β-unsaturated/α-hetero) is 1. The van der Waals surface area contributed by atoms with Crippen LogP contribution < -0.4 is 9.47 Å². The Labute approximate surface area is 175 Å². The Balaban J connectivity index is 1.99. The van der Waals surface area contributed by atoms with Crippen molar-refractivity contribution in [3.8, 4) is 11.5 Å². The van der Waals surface area contributed by atoms with E-state index in [2.05, 4.69) is 0 Å². The van der Waals surface area contributed by atoms with Crippen molar-refractivity contribution in [1.29, 1.82) is 0 Å². The highest BCUT2D eigenvalue weighted by atomic mass is 16.7. The molecule has 0 radical (unpaired) electrons. The number of ether oxygens (including phenoxy) is 4. The van der Waals surface area contributed by atoms with Crippen LogP contribution in [0.5, 0.6) is 11.5 Å². The lowest BCUT2D eigenvalue weighted by Crippen LogP contribution is -2.17. The number of hydrogen-bond donors (Lipinski definition) is 1. The number of aliphatic hydroxyl groups is 1. The number of ketones is 1. The summed E-state index contributed by atoms with van der Waals surface area (Å²) in [6.45, 7) is 2.35. The highest BCUT2D eigenvalue weighted by molar-refractivity contribution is 6.01. The maximum absolute atomic E-state index is 12.9. The highest BCUT2D eigenvalue weighted by Crippen LogP contribution is 2.51. The molecule has 2 aliphatic carbocycles. The van der Waals surface area contributed by atoms with E-state index < -0.39 is 0 Å². The minimum atomic E-state index is -0.182. The summed E-state index contributed by atoms with van der Waals surface area (Å²) in [5.41, 5.74) is 2.92. The first-order chi connectivity index (χ1) is 14.5. The van der Waals surface area contributed by atoms with Gasteiger partial charge in [-0.3, -0.25) is 4.79 Å². The third-order valence-corrected chi connectivity index (χ3v) is 6.09. The molecule has 2 atom stereocenters. The molecule has 0 bridgehead atoms. The van der Waals surface area contributed by atoms with Gasteiger partial charge < -0.3 is 28.5 Å².